The number of rotatable bonds is 5. The first kappa shape index (κ1) is 11.3. The second kappa shape index (κ2) is 5.80. The number of thiophene rings is 2. The Kier molecular flexibility index (Phi) is 4.11. The van der Waals surface area contributed by atoms with E-state index in [1.54, 1.807) is 22.7 Å². The molecule has 0 fully saturated rings. The molecule has 2 heterocycles. The van der Waals surface area contributed by atoms with Gasteiger partial charge in [-0.25, -0.2) is 0 Å². The molecule has 82 valence electrons. The van der Waals surface area contributed by atoms with Crippen molar-refractivity contribution in [3.05, 3.63) is 44.3 Å². The van der Waals surface area contributed by atoms with Crippen molar-refractivity contribution >= 4 is 22.7 Å². The summed E-state index contributed by atoms with van der Waals surface area (Å²) in [5.74, 6) is 0. The summed E-state index contributed by atoms with van der Waals surface area (Å²) in [5, 5.41) is 16.4. The van der Waals surface area contributed by atoms with E-state index in [1.165, 1.54) is 10.4 Å². The average molecular weight is 248 g/mol. The Morgan fingerprint density at radius 1 is 1.31 bits per heavy atom. The largest absolute Gasteiger partial charge is 0.312 e. The van der Waals surface area contributed by atoms with Gasteiger partial charge in [0.15, 0.2) is 0 Å². The van der Waals surface area contributed by atoms with Crippen LogP contribution in [-0.4, -0.2) is 6.54 Å². The molecule has 2 aromatic heterocycles. The highest BCUT2D eigenvalue weighted by atomic mass is 32.1. The second-order valence-corrected chi connectivity index (χ2v) is 5.38. The van der Waals surface area contributed by atoms with Crippen molar-refractivity contribution in [3.63, 3.8) is 0 Å². The summed E-state index contributed by atoms with van der Waals surface area (Å²) in [5.41, 5.74) is 1.39. The van der Waals surface area contributed by atoms with E-state index in [0.717, 1.165) is 24.4 Å². The van der Waals surface area contributed by atoms with Crippen LogP contribution in [0, 0.1) is 11.3 Å². The van der Waals surface area contributed by atoms with Gasteiger partial charge in [0.2, 0.25) is 0 Å². The van der Waals surface area contributed by atoms with Gasteiger partial charge in [-0.2, -0.15) is 16.6 Å². The minimum atomic E-state index is 0.787. The Balaban J connectivity index is 1.70. The van der Waals surface area contributed by atoms with E-state index in [1.807, 2.05) is 12.1 Å². The predicted octanol–water partition coefficient (Wildman–Crippen LogP) is 3.01. The van der Waals surface area contributed by atoms with E-state index in [0.29, 0.717) is 0 Å². The Morgan fingerprint density at radius 3 is 2.94 bits per heavy atom. The molecular weight excluding hydrogens is 236 g/mol. The van der Waals surface area contributed by atoms with Crippen LogP contribution in [0.2, 0.25) is 0 Å². The highest BCUT2D eigenvalue weighted by Gasteiger charge is 1.98. The highest BCUT2D eigenvalue weighted by Crippen LogP contribution is 2.14. The summed E-state index contributed by atoms with van der Waals surface area (Å²) in [6.07, 6.45) is 1.07. The molecule has 0 atom stereocenters. The molecule has 0 aromatic carbocycles. The maximum absolute atomic E-state index is 8.69. The standard InChI is InChI=1S/C12H12N2S2/c13-7-11-1-2-12(16-11)8-14-5-3-10-4-6-15-9-10/h1-2,4,6,9,14H,3,5,8H2. The van der Waals surface area contributed by atoms with Crippen LogP contribution in [-0.2, 0) is 13.0 Å². The lowest BCUT2D eigenvalue weighted by atomic mass is 10.2. The lowest BCUT2D eigenvalue weighted by molar-refractivity contribution is 0.694. The Bertz CT molecular complexity index is 465. The van der Waals surface area contributed by atoms with Crippen LogP contribution in [0.4, 0.5) is 0 Å². The van der Waals surface area contributed by atoms with E-state index in [4.69, 9.17) is 5.26 Å². The van der Waals surface area contributed by atoms with Crippen LogP contribution in [0.1, 0.15) is 15.3 Å². The third-order valence-corrected chi connectivity index (χ3v) is 3.96. The van der Waals surface area contributed by atoms with Crippen LogP contribution in [0.5, 0.6) is 0 Å². The zero-order valence-electron chi connectivity index (χ0n) is 8.77. The van der Waals surface area contributed by atoms with E-state index in [-0.39, 0.29) is 0 Å². The van der Waals surface area contributed by atoms with Gasteiger partial charge in [0.1, 0.15) is 10.9 Å². The number of nitrogens with zero attached hydrogens (tertiary/aromatic N) is 1. The van der Waals surface area contributed by atoms with Crippen LogP contribution in [0.3, 0.4) is 0 Å². The molecule has 0 spiro atoms. The van der Waals surface area contributed by atoms with Gasteiger partial charge in [-0.15, -0.1) is 11.3 Å². The Morgan fingerprint density at radius 2 is 2.25 bits per heavy atom. The maximum Gasteiger partial charge on any atom is 0.110 e. The molecule has 1 N–H and O–H groups in total. The fourth-order valence-corrected chi connectivity index (χ4v) is 2.89. The summed E-state index contributed by atoms with van der Waals surface area (Å²) in [7, 11) is 0. The molecule has 4 heteroatoms. The molecule has 0 saturated heterocycles. The lowest BCUT2D eigenvalue weighted by Crippen LogP contribution is -2.15. The molecule has 2 aromatic rings. The van der Waals surface area contributed by atoms with Gasteiger partial charge in [-0.1, -0.05) is 0 Å². The first-order chi connectivity index (χ1) is 7.88. The number of hydrogen-bond acceptors (Lipinski definition) is 4. The van der Waals surface area contributed by atoms with Gasteiger partial charge in [0.05, 0.1) is 0 Å². The van der Waals surface area contributed by atoms with Gasteiger partial charge in [0.25, 0.3) is 0 Å². The molecule has 2 rings (SSSR count). The van der Waals surface area contributed by atoms with Crippen molar-refractivity contribution in [3.8, 4) is 6.07 Å². The quantitative estimate of drug-likeness (QED) is 0.826. The fourth-order valence-electron chi connectivity index (χ4n) is 1.41. The Labute approximate surface area is 103 Å². The molecule has 0 aliphatic carbocycles. The normalized spacial score (nSPS) is 10.2. The third-order valence-electron chi connectivity index (χ3n) is 2.24. The van der Waals surface area contributed by atoms with Crippen molar-refractivity contribution < 1.29 is 0 Å². The molecule has 0 bridgehead atoms. The van der Waals surface area contributed by atoms with Crippen molar-refractivity contribution in [2.75, 3.05) is 6.54 Å². The van der Waals surface area contributed by atoms with Crippen LogP contribution < -0.4 is 5.32 Å². The van der Waals surface area contributed by atoms with Crippen molar-refractivity contribution in [1.82, 2.24) is 5.32 Å². The maximum atomic E-state index is 8.69. The van der Waals surface area contributed by atoms with E-state index in [2.05, 4.69) is 28.2 Å². The van der Waals surface area contributed by atoms with Crippen molar-refractivity contribution in [1.29, 1.82) is 5.26 Å². The van der Waals surface area contributed by atoms with Crippen LogP contribution in [0.25, 0.3) is 0 Å². The first-order valence-electron chi connectivity index (χ1n) is 5.09. The predicted molar refractivity (Wildman–Crippen MR) is 68.8 cm³/mol. The molecule has 0 amide bonds. The van der Waals surface area contributed by atoms with E-state index < -0.39 is 0 Å². The summed E-state index contributed by atoms with van der Waals surface area (Å²) in [4.78, 5) is 2.01. The number of hydrogen-bond donors (Lipinski definition) is 1. The second-order valence-electron chi connectivity index (χ2n) is 3.44. The van der Waals surface area contributed by atoms with Crippen LogP contribution >= 0.6 is 22.7 Å². The van der Waals surface area contributed by atoms with E-state index >= 15 is 0 Å². The number of nitrogens with one attached hydrogen (secondary N) is 1. The molecule has 0 aliphatic rings. The lowest BCUT2D eigenvalue weighted by Gasteiger charge is -2.01. The van der Waals surface area contributed by atoms with Gasteiger partial charge in [-0.05, 0) is 47.5 Å². The molecule has 16 heavy (non-hydrogen) atoms. The molecule has 2 nitrogen and oxygen atoms in total. The summed E-state index contributed by atoms with van der Waals surface area (Å²) >= 11 is 3.30. The zero-order valence-corrected chi connectivity index (χ0v) is 10.4. The van der Waals surface area contributed by atoms with Gasteiger partial charge in [0, 0.05) is 11.4 Å². The van der Waals surface area contributed by atoms with Gasteiger partial charge < -0.3 is 5.32 Å². The monoisotopic (exact) mass is 248 g/mol. The van der Waals surface area contributed by atoms with Crippen molar-refractivity contribution in [2.45, 2.75) is 13.0 Å². The minimum Gasteiger partial charge on any atom is -0.312 e. The smallest absolute Gasteiger partial charge is 0.110 e. The third kappa shape index (κ3) is 3.17. The minimum absolute atomic E-state index is 0.787. The number of nitriles is 1. The molecule has 0 aliphatic heterocycles. The molecular formula is C12H12N2S2. The molecule has 0 saturated carbocycles. The topological polar surface area (TPSA) is 35.8 Å². The van der Waals surface area contributed by atoms with Gasteiger partial charge >= 0.3 is 0 Å². The van der Waals surface area contributed by atoms with Gasteiger partial charge in [-0.3, -0.25) is 0 Å². The SMILES string of the molecule is N#Cc1ccc(CNCCc2ccsc2)s1. The Hall–Kier alpha value is -1.15. The average Bonchev–Trinajstić information content (AvgIpc) is 2.95. The molecule has 0 unspecified atom stereocenters. The fraction of sp³-hybridized carbons (Fsp3) is 0.250. The summed E-state index contributed by atoms with van der Waals surface area (Å²) < 4.78 is 0. The zero-order chi connectivity index (χ0) is 11.2. The summed E-state index contributed by atoms with van der Waals surface area (Å²) in [6.45, 7) is 1.84. The van der Waals surface area contributed by atoms with Crippen LogP contribution in [0.15, 0.2) is 29.0 Å². The van der Waals surface area contributed by atoms with Crippen molar-refractivity contribution in [2.24, 2.45) is 0 Å². The van der Waals surface area contributed by atoms with E-state index in [9.17, 15) is 0 Å². The molecule has 0 radical (unpaired) electrons. The summed E-state index contributed by atoms with van der Waals surface area (Å²) in [6, 6.07) is 8.20. The highest BCUT2D eigenvalue weighted by molar-refractivity contribution is 7.12. The first-order valence-corrected chi connectivity index (χ1v) is 6.85.